The van der Waals surface area contributed by atoms with Gasteiger partial charge in [-0.05, 0) is 28.7 Å². The lowest BCUT2D eigenvalue weighted by Crippen LogP contribution is -2.56. The maximum absolute atomic E-state index is 13.0. The number of benzene rings is 2. The number of alkyl halides is 3. The molecular formula is C22H27F3N2. The van der Waals surface area contributed by atoms with Crippen LogP contribution in [0.15, 0.2) is 54.6 Å². The molecule has 1 unspecified atom stereocenters. The fourth-order valence-electron chi connectivity index (χ4n) is 3.69. The largest absolute Gasteiger partial charge is 0.416 e. The van der Waals surface area contributed by atoms with Crippen LogP contribution in [0.4, 0.5) is 13.2 Å². The number of halogens is 3. The van der Waals surface area contributed by atoms with E-state index in [1.165, 1.54) is 12.1 Å². The minimum atomic E-state index is -4.31. The number of nitrogens with one attached hydrogen (secondary N) is 1. The quantitative estimate of drug-likeness (QED) is 0.800. The van der Waals surface area contributed by atoms with Crippen molar-refractivity contribution in [3.63, 3.8) is 0 Å². The summed E-state index contributed by atoms with van der Waals surface area (Å²) in [6.45, 7) is 9.21. The van der Waals surface area contributed by atoms with Gasteiger partial charge >= 0.3 is 6.18 Å². The zero-order valence-corrected chi connectivity index (χ0v) is 16.1. The van der Waals surface area contributed by atoms with Gasteiger partial charge in [0, 0.05) is 25.7 Å². The Balaban J connectivity index is 1.95. The monoisotopic (exact) mass is 376 g/mol. The first-order valence-electron chi connectivity index (χ1n) is 9.36. The minimum absolute atomic E-state index is 0.0552. The molecule has 2 atom stereocenters. The van der Waals surface area contributed by atoms with Crippen molar-refractivity contribution in [2.45, 2.75) is 39.0 Å². The Hall–Kier alpha value is -1.85. The van der Waals surface area contributed by atoms with Crippen molar-refractivity contribution < 1.29 is 13.2 Å². The van der Waals surface area contributed by atoms with Gasteiger partial charge < -0.3 is 5.32 Å². The summed E-state index contributed by atoms with van der Waals surface area (Å²) in [7, 11) is 0. The van der Waals surface area contributed by atoms with E-state index in [0.717, 1.165) is 30.8 Å². The SMILES string of the molecule is CC(C)(C)[C@H]1CN(C(c2ccccc2)c2ccc(C(F)(F)F)cc2)CCN1. The second-order valence-electron chi connectivity index (χ2n) is 8.30. The molecule has 146 valence electrons. The molecule has 3 rings (SSSR count). The molecule has 1 aliphatic heterocycles. The molecule has 5 heteroatoms. The van der Waals surface area contributed by atoms with Gasteiger partial charge in [0.2, 0.25) is 0 Å². The predicted molar refractivity (Wildman–Crippen MR) is 103 cm³/mol. The predicted octanol–water partition coefficient (Wildman–Crippen LogP) is 5.11. The van der Waals surface area contributed by atoms with Crippen LogP contribution in [0.1, 0.15) is 43.5 Å². The molecule has 0 amide bonds. The van der Waals surface area contributed by atoms with E-state index in [-0.39, 0.29) is 11.5 Å². The van der Waals surface area contributed by atoms with Crippen LogP contribution in [0, 0.1) is 5.41 Å². The summed E-state index contributed by atoms with van der Waals surface area (Å²) >= 11 is 0. The van der Waals surface area contributed by atoms with E-state index in [2.05, 4.69) is 43.1 Å². The third-order valence-electron chi connectivity index (χ3n) is 5.29. The van der Waals surface area contributed by atoms with E-state index < -0.39 is 11.7 Å². The first kappa shape index (κ1) is 19.9. The van der Waals surface area contributed by atoms with E-state index in [1.807, 2.05) is 18.2 Å². The fourth-order valence-corrected chi connectivity index (χ4v) is 3.69. The van der Waals surface area contributed by atoms with Crippen LogP contribution < -0.4 is 5.32 Å². The first-order chi connectivity index (χ1) is 12.7. The lowest BCUT2D eigenvalue weighted by molar-refractivity contribution is -0.137. The number of hydrogen-bond donors (Lipinski definition) is 1. The average Bonchev–Trinajstić information content (AvgIpc) is 2.62. The molecule has 0 aliphatic carbocycles. The Labute approximate surface area is 159 Å². The van der Waals surface area contributed by atoms with Crippen LogP contribution >= 0.6 is 0 Å². The molecule has 0 spiro atoms. The van der Waals surface area contributed by atoms with Crippen LogP contribution in [-0.4, -0.2) is 30.6 Å². The van der Waals surface area contributed by atoms with Crippen molar-refractivity contribution in [2.75, 3.05) is 19.6 Å². The van der Waals surface area contributed by atoms with Gasteiger partial charge in [-0.2, -0.15) is 13.2 Å². The second-order valence-corrected chi connectivity index (χ2v) is 8.30. The maximum atomic E-state index is 13.0. The molecule has 0 saturated carbocycles. The Morgan fingerprint density at radius 3 is 2.07 bits per heavy atom. The van der Waals surface area contributed by atoms with Gasteiger partial charge in [0.1, 0.15) is 0 Å². The van der Waals surface area contributed by atoms with Crippen LogP contribution in [0.3, 0.4) is 0 Å². The van der Waals surface area contributed by atoms with Crippen molar-refractivity contribution >= 4 is 0 Å². The lowest BCUT2D eigenvalue weighted by Gasteiger charge is -2.44. The van der Waals surface area contributed by atoms with Gasteiger partial charge in [-0.3, -0.25) is 4.90 Å². The Morgan fingerprint density at radius 2 is 1.52 bits per heavy atom. The highest BCUT2D eigenvalue weighted by molar-refractivity contribution is 5.34. The molecule has 1 N–H and O–H groups in total. The molecule has 1 aliphatic rings. The highest BCUT2D eigenvalue weighted by Crippen LogP contribution is 2.34. The van der Waals surface area contributed by atoms with E-state index in [4.69, 9.17) is 0 Å². The molecule has 1 fully saturated rings. The number of piperazine rings is 1. The molecular weight excluding hydrogens is 349 g/mol. The van der Waals surface area contributed by atoms with Gasteiger partial charge in [-0.25, -0.2) is 0 Å². The molecule has 2 aromatic carbocycles. The molecule has 0 bridgehead atoms. The smallest absolute Gasteiger partial charge is 0.311 e. The van der Waals surface area contributed by atoms with Crippen molar-refractivity contribution in [3.05, 3.63) is 71.3 Å². The standard InChI is InChI=1S/C22H27F3N2/c1-21(2,3)19-15-27(14-13-26-19)20(16-7-5-4-6-8-16)17-9-11-18(12-10-17)22(23,24)25/h4-12,19-20,26H,13-15H2,1-3H3/t19-,20?/m1/s1. The average molecular weight is 376 g/mol. The zero-order chi connectivity index (χ0) is 19.7. The lowest BCUT2D eigenvalue weighted by atomic mass is 9.84. The Kier molecular flexibility index (Phi) is 5.63. The Morgan fingerprint density at radius 1 is 0.926 bits per heavy atom. The maximum Gasteiger partial charge on any atom is 0.416 e. The summed E-state index contributed by atoms with van der Waals surface area (Å²) in [4.78, 5) is 2.38. The van der Waals surface area contributed by atoms with Crippen molar-refractivity contribution in [2.24, 2.45) is 5.41 Å². The summed E-state index contributed by atoms with van der Waals surface area (Å²) in [6, 6.07) is 15.9. The highest BCUT2D eigenvalue weighted by Gasteiger charge is 2.34. The van der Waals surface area contributed by atoms with E-state index in [1.54, 1.807) is 12.1 Å². The highest BCUT2D eigenvalue weighted by atomic mass is 19.4. The summed E-state index contributed by atoms with van der Waals surface area (Å²) < 4.78 is 38.9. The molecule has 1 saturated heterocycles. The summed E-state index contributed by atoms with van der Waals surface area (Å²) in [5, 5.41) is 3.59. The van der Waals surface area contributed by atoms with Crippen molar-refractivity contribution in [1.29, 1.82) is 0 Å². The third kappa shape index (κ3) is 4.71. The second kappa shape index (κ2) is 7.64. The molecule has 0 radical (unpaired) electrons. The summed E-state index contributed by atoms with van der Waals surface area (Å²) in [5.41, 5.74) is 1.50. The molecule has 1 heterocycles. The van der Waals surface area contributed by atoms with Crippen LogP contribution in [0.2, 0.25) is 0 Å². The van der Waals surface area contributed by atoms with Crippen molar-refractivity contribution in [3.8, 4) is 0 Å². The molecule has 2 aromatic rings. The van der Waals surface area contributed by atoms with Gasteiger partial charge in [-0.15, -0.1) is 0 Å². The number of hydrogen-bond acceptors (Lipinski definition) is 2. The number of nitrogens with zero attached hydrogens (tertiary/aromatic N) is 1. The first-order valence-corrected chi connectivity index (χ1v) is 9.36. The zero-order valence-electron chi connectivity index (χ0n) is 16.1. The Bertz CT molecular complexity index is 733. The molecule has 2 nitrogen and oxygen atoms in total. The van der Waals surface area contributed by atoms with Crippen LogP contribution in [0.5, 0.6) is 0 Å². The van der Waals surface area contributed by atoms with E-state index >= 15 is 0 Å². The fraction of sp³-hybridized carbons (Fsp3) is 0.455. The van der Waals surface area contributed by atoms with E-state index in [9.17, 15) is 13.2 Å². The van der Waals surface area contributed by atoms with Gasteiger partial charge in [0.25, 0.3) is 0 Å². The van der Waals surface area contributed by atoms with Crippen molar-refractivity contribution in [1.82, 2.24) is 10.2 Å². The molecule has 27 heavy (non-hydrogen) atoms. The number of rotatable bonds is 3. The summed E-state index contributed by atoms with van der Waals surface area (Å²) in [6.07, 6.45) is -4.31. The van der Waals surface area contributed by atoms with Gasteiger partial charge in [0.05, 0.1) is 11.6 Å². The van der Waals surface area contributed by atoms with Gasteiger partial charge in [0.15, 0.2) is 0 Å². The minimum Gasteiger partial charge on any atom is -0.311 e. The van der Waals surface area contributed by atoms with Crippen LogP contribution in [-0.2, 0) is 6.18 Å². The van der Waals surface area contributed by atoms with Crippen LogP contribution in [0.25, 0.3) is 0 Å². The topological polar surface area (TPSA) is 15.3 Å². The summed E-state index contributed by atoms with van der Waals surface area (Å²) in [5.74, 6) is 0. The third-order valence-corrected chi connectivity index (χ3v) is 5.29. The van der Waals surface area contributed by atoms with Gasteiger partial charge in [-0.1, -0.05) is 63.2 Å². The molecule has 0 aromatic heterocycles. The van der Waals surface area contributed by atoms with E-state index in [0.29, 0.717) is 6.04 Å². The normalized spacial score (nSPS) is 20.4.